The zero-order valence-electron chi connectivity index (χ0n) is 23.1. The van der Waals surface area contributed by atoms with E-state index in [-0.39, 0.29) is 0 Å². The lowest BCUT2D eigenvalue weighted by molar-refractivity contribution is 0.996. The highest BCUT2D eigenvalue weighted by Crippen LogP contribution is 2.35. The van der Waals surface area contributed by atoms with Crippen LogP contribution in [-0.2, 0) is 0 Å². The number of hydrogen-bond acceptors (Lipinski definition) is 3. The highest BCUT2D eigenvalue weighted by atomic mass is 14.9. The molecule has 0 aliphatic carbocycles. The average molecular weight is 540 g/mol. The molecule has 1 aliphatic heterocycles. The van der Waals surface area contributed by atoms with Crippen LogP contribution in [0.5, 0.6) is 0 Å². The van der Waals surface area contributed by atoms with Crippen molar-refractivity contribution in [2.45, 2.75) is 0 Å². The Hall–Kier alpha value is -5.54. The molecule has 3 nitrogen and oxygen atoms in total. The third kappa shape index (κ3) is 5.41. The van der Waals surface area contributed by atoms with Crippen LogP contribution in [0.3, 0.4) is 0 Å². The van der Waals surface area contributed by atoms with Gasteiger partial charge in [0, 0.05) is 40.7 Å². The summed E-state index contributed by atoms with van der Waals surface area (Å²) in [6.07, 6.45) is 8.33. The maximum atomic E-state index is 5.09. The highest BCUT2D eigenvalue weighted by Gasteiger charge is 2.14. The normalized spacial score (nSPS) is 12.4. The molecule has 1 N–H and O–H groups in total. The molecule has 1 aliphatic rings. The number of pyridine rings is 2. The Labute approximate surface area is 246 Å². The molecular formula is C39H29N3. The third-order valence-electron chi connectivity index (χ3n) is 7.52. The second-order valence-electron chi connectivity index (χ2n) is 10.3. The Kier molecular flexibility index (Phi) is 6.97. The van der Waals surface area contributed by atoms with Gasteiger partial charge in [-0.2, -0.15) is 0 Å². The summed E-state index contributed by atoms with van der Waals surface area (Å²) in [5, 5.41) is 3.54. The molecule has 0 atom stereocenters. The van der Waals surface area contributed by atoms with Gasteiger partial charge >= 0.3 is 0 Å². The second-order valence-corrected chi connectivity index (χ2v) is 10.3. The Morgan fingerprint density at radius 2 is 1.02 bits per heavy atom. The summed E-state index contributed by atoms with van der Waals surface area (Å²) in [6, 6.07) is 46.5. The van der Waals surface area contributed by atoms with E-state index in [1.807, 2.05) is 24.4 Å². The molecule has 0 unspecified atom stereocenters. The summed E-state index contributed by atoms with van der Waals surface area (Å²) < 4.78 is 0. The molecule has 2 aromatic heterocycles. The fourth-order valence-corrected chi connectivity index (χ4v) is 5.33. The van der Waals surface area contributed by atoms with E-state index in [9.17, 15) is 0 Å². The minimum atomic E-state index is 0.807. The second kappa shape index (κ2) is 11.5. The molecule has 0 bridgehead atoms. The van der Waals surface area contributed by atoms with Crippen molar-refractivity contribution in [3.8, 4) is 56.0 Å². The molecule has 42 heavy (non-hydrogen) atoms. The number of allylic oxidation sites excluding steroid dienone is 2. The first kappa shape index (κ1) is 25.4. The van der Waals surface area contributed by atoms with E-state index < -0.39 is 0 Å². The highest BCUT2D eigenvalue weighted by molar-refractivity contribution is 5.83. The summed E-state index contributed by atoms with van der Waals surface area (Å²) in [6.45, 7) is 0.807. The average Bonchev–Trinajstić information content (AvgIpc) is 3.09. The van der Waals surface area contributed by atoms with E-state index in [0.717, 1.165) is 73.8 Å². The van der Waals surface area contributed by atoms with Gasteiger partial charge in [-0.1, -0.05) is 109 Å². The smallest absolute Gasteiger partial charge is 0.0715 e. The summed E-state index contributed by atoms with van der Waals surface area (Å²) in [5.41, 5.74) is 12.8. The summed E-state index contributed by atoms with van der Waals surface area (Å²) in [7, 11) is 0. The Bertz CT molecular complexity index is 1830. The summed E-state index contributed by atoms with van der Waals surface area (Å²) in [4.78, 5) is 10.00. The van der Waals surface area contributed by atoms with Crippen molar-refractivity contribution < 1.29 is 0 Å². The van der Waals surface area contributed by atoms with E-state index >= 15 is 0 Å². The van der Waals surface area contributed by atoms with Crippen molar-refractivity contribution in [2.75, 3.05) is 6.54 Å². The van der Waals surface area contributed by atoms with Crippen molar-refractivity contribution >= 4 is 5.70 Å². The van der Waals surface area contributed by atoms with Crippen LogP contribution >= 0.6 is 0 Å². The number of nitrogens with one attached hydrogen (secondary N) is 1. The quantitative estimate of drug-likeness (QED) is 0.229. The SMILES string of the molecule is C1=CCNC(c2cc(-c3cc(-c4ccccc4)nc(-c4ccccc4)c3)cc(-c3ccc(-c4ccccc4)cn3)c2)=C1. The van der Waals surface area contributed by atoms with Crippen LogP contribution in [0.2, 0.25) is 0 Å². The van der Waals surface area contributed by atoms with Gasteiger partial charge in [-0.15, -0.1) is 0 Å². The summed E-state index contributed by atoms with van der Waals surface area (Å²) >= 11 is 0. The van der Waals surface area contributed by atoms with Crippen LogP contribution < -0.4 is 5.32 Å². The molecule has 0 amide bonds. The standard InChI is InChI=1S/C39H29N3/c1-4-12-28(13-5-1)31-19-20-37(41-27-31)35-23-32(22-34(24-35)36-18-10-11-21-40-36)33-25-38(29-14-6-2-7-15-29)42-39(26-33)30-16-8-3-9-17-30/h1-20,22-27,40H,21H2. The predicted molar refractivity (Wildman–Crippen MR) is 174 cm³/mol. The van der Waals surface area contributed by atoms with Crippen molar-refractivity contribution in [3.63, 3.8) is 0 Å². The molecular weight excluding hydrogens is 510 g/mol. The topological polar surface area (TPSA) is 37.8 Å². The molecule has 6 aromatic rings. The lowest BCUT2D eigenvalue weighted by atomic mass is 9.94. The van der Waals surface area contributed by atoms with E-state index in [1.165, 1.54) is 0 Å². The van der Waals surface area contributed by atoms with Crippen LogP contribution in [0.1, 0.15) is 5.56 Å². The Morgan fingerprint density at radius 3 is 1.60 bits per heavy atom. The predicted octanol–water partition coefficient (Wildman–Crippen LogP) is 9.31. The molecule has 0 saturated carbocycles. The van der Waals surface area contributed by atoms with Crippen LogP contribution in [-0.4, -0.2) is 16.5 Å². The van der Waals surface area contributed by atoms with Gasteiger partial charge in [-0.3, -0.25) is 4.98 Å². The summed E-state index contributed by atoms with van der Waals surface area (Å²) in [5.74, 6) is 0. The molecule has 0 radical (unpaired) electrons. The Balaban J connectivity index is 1.38. The number of nitrogens with zero attached hydrogens (tertiary/aromatic N) is 2. The fourth-order valence-electron chi connectivity index (χ4n) is 5.33. The van der Waals surface area contributed by atoms with Gasteiger partial charge < -0.3 is 5.32 Å². The van der Waals surface area contributed by atoms with Gasteiger partial charge in [0.2, 0.25) is 0 Å². The maximum absolute atomic E-state index is 5.09. The molecule has 3 heterocycles. The van der Waals surface area contributed by atoms with Crippen molar-refractivity contribution in [1.82, 2.24) is 15.3 Å². The first-order chi connectivity index (χ1) is 20.8. The van der Waals surface area contributed by atoms with E-state index in [4.69, 9.17) is 9.97 Å². The molecule has 0 saturated heterocycles. The lowest BCUT2D eigenvalue weighted by Gasteiger charge is -2.17. The Morgan fingerprint density at radius 1 is 0.452 bits per heavy atom. The third-order valence-corrected chi connectivity index (χ3v) is 7.52. The minimum Gasteiger partial charge on any atom is -0.381 e. The lowest BCUT2D eigenvalue weighted by Crippen LogP contribution is -2.14. The monoisotopic (exact) mass is 539 g/mol. The first-order valence-electron chi connectivity index (χ1n) is 14.2. The minimum absolute atomic E-state index is 0.807. The van der Waals surface area contributed by atoms with E-state index in [2.05, 4.69) is 139 Å². The first-order valence-corrected chi connectivity index (χ1v) is 14.2. The molecule has 0 fully saturated rings. The van der Waals surface area contributed by atoms with Gasteiger partial charge in [-0.05, 0) is 64.7 Å². The molecule has 7 rings (SSSR count). The van der Waals surface area contributed by atoms with Gasteiger partial charge in [0.05, 0.1) is 17.1 Å². The molecule has 0 spiro atoms. The van der Waals surface area contributed by atoms with Gasteiger partial charge in [0.15, 0.2) is 0 Å². The number of dihydropyridines is 1. The van der Waals surface area contributed by atoms with Crippen LogP contribution in [0.15, 0.2) is 158 Å². The van der Waals surface area contributed by atoms with E-state index in [1.54, 1.807) is 0 Å². The van der Waals surface area contributed by atoms with E-state index in [0.29, 0.717) is 0 Å². The van der Waals surface area contributed by atoms with Crippen LogP contribution in [0.4, 0.5) is 0 Å². The number of rotatable bonds is 6. The maximum Gasteiger partial charge on any atom is 0.0715 e. The van der Waals surface area contributed by atoms with Crippen molar-refractivity contribution in [2.24, 2.45) is 0 Å². The van der Waals surface area contributed by atoms with Crippen LogP contribution in [0, 0.1) is 0 Å². The van der Waals surface area contributed by atoms with Gasteiger partial charge in [0.25, 0.3) is 0 Å². The zero-order chi connectivity index (χ0) is 28.1. The van der Waals surface area contributed by atoms with Gasteiger partial charge in [-0.25, -0.2) is 4.98 Å². The number of aromatic nitrogens is 2. The number of hydrogen-bond donors (Lipinski definition) is 1. The largest absolute Gasteiger partial charge is 0.381 e. The number of benzene rings is 4. The molecule has 200 valence electrons. The van der Waals surface area contributed by atoms with Gasteiger partial charge in [0.1, 0.15) is 0 Å². The van der Waals surface area contributed by atoms with Crippen molar-refractivity contribution in [1.29, 1.82) is 0 Å². The molecule has 4 aromatic carbocycles. The zero-order valence-corrected chi connectivity index (χ0v) is 23.1. The van der Waals surface area contributed by atoms with Crippen molar-refractivity contribution in [3.05, 3.63) is 163 Å². The fraction of sp³-hybridized carbons (Fsp3) is 0.0256. The molecule has 3 heteroatoms. The van der Waals surface area contributed by atoms with Crippen LogP contribution in [0.25, 0.3) is 61.7 Å².